The highest BCUT2D eigenvalue weighted by Gasteiger charge is 2.15. The van der Waals surface area contributed by atoms with Crippen molar-refractivity contribution in [3.63, 3.8) is 0 Å². The predicted molar refractivity (Wildman–Crippen MR) is 81.0 cm³/mol. The number of nitriles is 1. The van der Waals surface area contributed by atoms with Gasteiger partial charge in [0.2, 0.25) is 5.91 Å². The number of anilines is 1. The lowest BCUT2D eigenvalue weighted by molar-refractivity contribution is -0.120. The molecule has 1 N–H and O–H groups in total. The molecule has 1 amide bonds. The maximum absolute atomic E-state index is 12.1. The molecule has 1 heterocycles. The summed E-state index contributed by atoms with van der Waals surface area (Å²) < 4.78 is 5.74. The second-order valence-corrected chi connectivity index (χ2v) is 5.19. The van der Waals surface area contributed by atoms with Crippen molar-refractivity contribution in [3.8, 4) is 6.07 Å². The molecule has 112 valence electrons. The Kier molecular flexibility index (Phi) is 5.73. The number of carbonyl (C=O) groups is 1. The lowest BCUT2D eigenvalue weighted by atomic mass is 10.1. The van der Waals surface area contributed by atoms with Gasteiger partial charge in [-0.15, -0.1) is 0 Å². The average Bonchev–Trinajstić information content (AvgIpc) is 2.55. The first-order valence-corrected chi connectivity index (χ1v) is 7.30. The van der Waals surface area contributed by atoms with Crippen molar-refractivity contribution in [1.82, 2.24) is 5.32 Å². The van der Waals surface area contributed by atoms with E-state index in [0.29, 0.717) is 18.6 Å². The van der Waals surface area contributed by atoms with Crippen LogP contribution in [0.25, 0.3) is 0 Å². The molecule has 0 spiro atoms. The Labute approximate surface area is 125 Å². The Morgan fingerprint density at radius 3 is 2.95 bits per heavy atom. The number of hydrogen-bond donors (Lipinski definition) is 1. The van der Waals surface area contributed by atoms with Gasteiger partial charge in [-0.1, -0.05) is 6.07 Å². The van der Waals surface area contributed by atoms with Crippen LogP contribution in [0.3, 0.4) is 0 Å². The van der Waals surface area contributed by atoms with Gasteiger partial charge in [-0.2, -0.15) is 5.26 Å². The Morgan fingerprint density at radius 1 is 1.48 bits per heavy atom. The lowest BCUT2D eigenvalue weighted by Crippen LogP contribution is -2.33. The van der Waals surface area contributed by atoms with Crippen molar-refractivity contribution in [2.24, 2.45) is 0 Å². The molecule has 0 aromatic heterocycles. The van der Waals surface area contributed by atoms with Crippen LogP contribution < -0.4 is 10.2 Å². The number of amides is 1. The zero-order valence-corrected chi connectivity index (χ0v) is 12.3. The van der Waals surface area contributed by atoms with Gasteiger partial charge in [0.25, 0.3) is 0 Å². The Bertz CT molecular complexity index is 518. The van der Waals surface area contributed by atoms with Crippen LogP contribution in [-0.2, 0) is 9.53 Å². The van der Waals surface area contributed by atoms with Crippen LogP contribution in [0.15, 0.2) is 24.3 Å². The van der Waals surface area contributed by atoms with Crippen LogP contribution in [0.4, 0.5) is 5.69 Å². The fourth-order valence-electron chi connectivity index (χ4n) is 2.37. The number of rotatable bonds is 5. The first-order valence-electron chi connectivity index (χ1n) is 7.30. The van der Waals surface area contributed by atoms with E-state index in [2.05, 4.69) is 11.4 Å². The topological polar surface area (TPSA) is 65.4 Å². The van der Waals surface area contributed by atoms with Crippen molar-refractivity contribution in [2.45, 2.75) is 25.4 Å². The van der Waals surface area contributed by atoms with Crippen molar-refractivity contribution in [2.75, 3.05) is 31.6 Å². The largest absolute Gasteiger partial charge is 0.378 e. The van der Waals surface area contributed by atoms with E-state index in [1.165, 1.54) is 0 Å². The minimum absolute atomic E-state index is 0.000903. The molecule has 21 heavy (non-hydrogen) atoms. The molecule has 0 aliphatic carbocycles. The molecule has 1 aromatic rings. The maximum Gasteiger partial charge on any atom is 0.229 e. The standard InChI is InChI=1S/C16H21N3O2/c1-19(14-4-2-3-13(11-14)12-17)16(20)7-10-21-15-5-8-18-9-6-15/h2-4,11,15,18H,5-10H2,1H3. The van der Waals surface area contributed by atoms with Crippen LogP contribution in [-0.4, -0.2) is 38.8 Å². The molecule has 5 heteroatoms. The zero-order chi connectivity index (χ0) is 15.1. The summed E-state index contributed by atoms with van der Waals surface area (Å²) in [5.74, 6) is -0.000903. The van der Waals surface area contributed by atoms with E-state index in [1.54, 1.807) is 30.1 Å². The molecule has 0 radical (unpaired) electrons. The molecular formula is C16H21N3O2. The second kappa shape index (κ2) is 7.77. The molecule has 5 nitrogen and oxygen atoms in total. The highest BCUT2D eigenvalue weighted by atomic mass is 16.5. The molecular weight excluding hydrogens is 266 g/mol. The summed E-state index contributed by atoms with van der Waals surface area (Å²) in [4.78, 5) is 13.7. The van der Waals surface area contributed by atoms with Crippen LogP contribution in [0.1, 0.15) is 24.8 Å². The number of nitrogens with one attached hydrogen (secondary N) is 1. The van der Waals surface area contributed by atoms with E-state index in [1.807, 2.05) is 6.07 Å². The SMILES string of the molecule is CN(C(=O)CCOC1CCNCC1)c1cccc(C#N)c1. The van der Waals surface area contributed by atoms with Crippen molar-refractivity contribution >= 4 is 11.6 Å². The van der Waals surface area contributed by atoms with Crippen LogP contribution >= 0.6 is 0 Å². The first kappa shape index (κ1) is 15.5. The van der Waals surface area contributed by atoms with E-state index in [0.717, 1.165) is 31.6 Å². The van der Waals surface area contributed by atoms with Gasteiger partial charge in [0.05, 0.1) is 30.8 Å². The van der Waals surface area contributed by atoms with Gasteiger partial charge in [0, 0.05) is 12.7 Å². The zero-order valence-electron chi connectivity index (χ0n) is 12.3. The number of carbonyl (C=O) groups excluding carboxylic acids is 1. The molecule has 0 unspecified atom stereocenters. The summed E-state index contributed by atoms with van der Waals surface area (Å²) in [5, 5.41) is 12.2. The molecule has 1 aliphatic heterocycles. The molecule has 0 saturated carbocycles. The van der Waals surface area contributed by atoms with E-state index >= 15 is 0 Å². The van der Waals surface area contributed by atoms with E-state index in [9.17, 15) is 4.79 Å². The van der Waals surface area contributed by atoms with Crippen LogP contribution in [0.2, 0.25) is 0 Å². The van der Waals surface area contributed by atoms with Gasteiger partial charge in [-0.05, 0) is 44.1 Å². The minimum Gasteiger partial charge on any atom is -0.378 e. The highest BCUT2D eigenvalue weighted by Crippen LogP contribution is 2.15. The molecule has 2 rings (SSSR count). The Balaban J connectivity index is 1.80. The van der Waals surface area contributed by atoms with Crippen molar-refractivity contribution < 1.29 is 9.53 Å². The Hall–Kier alpha value is -1.90. The molecule has 1 fully saturated rings. The van der Waals surface area contributed by atoms with Gasteiger partial charge < -0.3 is 15.0 Å². The predicted octanol–water partition coefficient (Wildman–Crippen LogP) is 1.68. The number of benzene rings is 1. The average molecular weight is 287 g/mol. The van der Waals surface area contributed by atoms with Crippen molar-refractivity contribution in [3.05, 3.63) is 29.8 Å². The summed E-state index contributed by atoms with van der Waals surface area (Å²) in [6.07, 6.45) is 2.64. The van der Waals surface area contributed by atoms with Gasteiger partial charge >= 0.3 is 0 Å². The molecule has 0 atom stereocenters. The first-order chi connectivity index (χ1) is 10.2. The molecule has 1 aliphatic rings. The van der Waals surface area contributed by atoms with E-state index in [-0.39, 0.29) is 12.0 Å². The number of hydrogen-bond acceptors (Lipinski definition) is 4. The van der Waals surface area contributed by atoms with Gasteiger partial charge in [0.15, 0.2) is 0 Å². The summed E-state index contributed by atoms with van der Waals surface area (Å²) in [6, 6.07) is 9.12. The van der Waals surface area contributed by atoms with Gasteiger partial charge in [0.1, 0.15) is 0 Å². The fraction of sp³-hybridized carbons (Fsp3) is 0.500. The maximum atomic E-state index is 12.1. The normalized spacial score (nSPS) is 15.4. The molecule has 1 saturated heterocycles. The third kappa shape index (κ3) is 4.55. The monoisotopic (exact) mass is 287 g/mol. The molecule has 1 aromatic carbocycles. The third-order valence-corrected chi connectivity index (χ3v) is 3.69. The van der Waals surface area contributed by atoms with E-state index in [4.69, 9.17) is 10.00 Å². The summed E-state index contributed by atoms with van der Waals surface area (Å²) in [5.41, 5.74) is 1.29. The van der Waals surface area contributed by atoms with Crippen molar-refractivity contribution in [1.29, 1.82) is 5.26 Å². The second-order valence-electron chi connectivity index (χ2n) is 5.19. The third-order valence-electron chi connectivity index (χ3n) is 3.69. The smallest absolute Gasteiger partial charge is 0.229 e. The van der Waals surface area contributed by atoms with Crippen LogP contribution in [0, 0.1) is 11.3 Å². The lowest BCUT2D eigenvalue weighted by Gasteiger charge is -2.23. The minimum atomic E-state index is -0.000903. The highest BCUT2D eigenvalue weighted by molar-refractivity contribution is 5.92. The number of piperidine rings is 1. The number of ether oxygens (including phenoxy) is 1. The van der Waals surface area contributed by atoms with E-state index < -0.39 is 0 Å². The van der Waals surface area contributed by atoms with Gasteiger partial charge in [-0.3, -0.25) is 4.79 Å². The molecule has 0 bridgehead atoms. The number of nitrogens with zero attached hydrogens (tertiary/aromatic N) is 2. The summed E-state index contributed by atoms with van der Waals surface area (Å²) in [7, 11) is 1.73. The Morgan fingerprint density at radius 2 is 2.24 bits per heavy atom. The van der Waals surface area contributed by atoms with Crippen LogP contribution in [0.5, 0.6) is 0 Å². The summed E-state index contributed by atoms with van der Waals surface area (Å²) in [6.45, 7) is 2.42. The summed E-state index contributed by atoms with van der Waals surface area (Å²) >= 11 is 0. The van der Waals surface area contributed by atoms with Gasteiger partial charge in [-0.25, -0.2) is 0 Å². The fourth-order valence-corrected chi connectivity index (χ4v) is 2.37. The quantitative estimate of drug-likeness (QED) is 0.895.